The molecule has 1 amide bonds. The lowest BCUT2D eigenvalue weighted by molar-refractivity contribution is -0.128. The average Bonchev–Trinajstić information content (AvgIpc) is 2.27. The van der Waals surface area contributed by atoms with E-state index < -0.39 is 5.41 Å². The number of nitrogens with two attached hydrogens (primary N) is 1. The monoisotopic (exact) mass is 278 g/mol. The summed E-state index contributed by atoms with van der Waals surface area (Å²) >= 11 is 5.08. The number of phenols is 1. The number of hydrogen-bond donors (Lipinski definition) is 2. The van der Waals surface area contributed by atoms with Gasteiger partial charge >= 0.3 is 0 Å². The third kappa shape index (κ3) is 2.30. The van der Waals surface area contributed by atoms with Gasteiger partial charge in [-0.1, -0.05) is 24.7 Å². The van der Waals surface area contributed by atoms with Crippen molar-refractivity contribution in [1.29, 1.82) is 0 Å². The molecule has 19 heavy (non-hydrogen) atoms. The number of benzene rings is 1. The minimum Gasteiger partial charge on any atom is -0.508 e. The molecule has 1 fully saturated rings. The lowest BCUT2D eigenvalue weighted by atomic mass is 9.67. The smallest absolute Gasteiger partial charge is 0.240 e. The van der Waals surface area contributed by atoms with Gasteiger partial charge in [-0.3, -0.25) is 4.79 Å². The molecule has 1 aliphatic carbocycles. The molecule has 3 N–H and O–H groups in total. The predicted molar refractivity (Wildman–Crippen MR) is 79.2 cm³/mol. The van der Waals surface area contributed by atoms with Gasteiger partial charge in [-0.2, -0.15) is 0 Å². The highest BCUT2D eigenvalue weighted by molar-refractivity contribution is 7.80. The van der Waals surface area contributed by atoms with Crippen molar-refractivity contribution in [2.45, 2.75) is 26.2 Å². The average molecular weight is 278 g/mol. The number of amides is 1. The summed E-state index contributed by atoms with van der Waals surface area (Å²) in [6, 6.07) is 6.67. The number of rotatable bonds is 4. The van der Waals surface area contributed by atoms with Gasteiger partial charge in [-0.25, -0.2) is 0 Å². The van der Waals surface area contributed by atoms with E-state index in [9.17, 15) is 9.90 Å². The Morgan fingerprint density at radius 1 is 1.53 bits per heavy atom. The molecular weight excluding hydrogens is 260 g/mol. The molecule has 0 heterocycles. The van der Waals surface area contributed by atoms with Crippen LogP contribution >= 0.6 is 12.2 Å². The van der Waals surface area contributed by atoms with Crippen molar-refractivity contribution < 1.29 is 9.90 Å². The number of hydrogen-bond acceptors (Lipinski definition) is 3. The molecule has 0 atom stereocenters. The van der Waals surface area contributed by atoms with E-state index in [0.29, 0.717) is 12.2 Å². The molecule has 1 aromatic rings. The minimum atomic E-state index is -0.684. The second-order valence-electron chi connectivity index (χ2n) is 4.87. The van der Waals surface area contributed by atoms with E-state index in [0.717, 1.165) is 19.3 Å². The highest BCUT2D eigenvalue weighted by Crippen LogP contribution is 2.43. The third-order valence-corrected chi connectivity index (χ3v) is 4.18. The molecule has 0 aliphatic heterocycles. The van der Waals surface area contributed by atoms with Gasteiger partial charge in [0.2, 0.25) is 5.91 Å². The first kappa shape index (κ1) is 13.8. The van der Waals surface area contributed by atoms with Crippen LogP contribution in [0.4, 0.5) is 5.69 Å². The minimum absolute atomic E-state index is 0.0562. The largest absolute Gasteiger partial charge is 0.508 e. The fourth-order valence-corrected chi connectivity index (χ4v) is 2.75. The Balaban J connectivity index is 2.32. The molecule has 0 unspecified atom stereocenters. The third-order valence-electron chi connectivity index (χ3n) is 3.79. The Morgan fingerprint density at radius 2 is 2.21 bits per heavy atom. The van der Waals surface area contributed by atoms with Crippen molar-refractivity contribution in [1.82, 2.24) is 0 Å². The first-order chi connectivity index (χ1) is 9.01. The van der Waals surface area contributed by atoms with Crippen molar-refractivity contribution in [3.63, 3.8) is 0 Å². The van der Waals surface area contributed by atoms with E-state index in [4.69, 9.17) is 18.0 Å². The zero-order chi connectivity index (χ0) is 14.0. The van der Waals surface area contributed by atoms with Gasteiger partial charge in [0.05, 0.1) is 10.4 Å². The van der Waals surface area contributed by atoms with Crippen LogP contribution in [0.1, 0.15) is 26.2 Å². The number of anilines is 1. The molecule has 1 saturated carbocycles. The molecule has 0 aromatic heterocycles. The molecule has 0 bridgehead atoms. The molecule has 4 nitrogen and oxygen atoms in total. The zero-order valence-corrected chi connectivity index (χ0v) is 11.7. The Bertz CT molecular complexity index is 512. The highest BCUT2D eigenvalue weighted by atomic mass is 32.1. The summed E-state index contributed by atoms with van der Waals surface area (Å²) in [5, 5.41) is 9.53. The molecule has 1 aliphatic rings. The quantitative estimate of drug-likeness (QED) is 0.829. The lowest BCUT2D eigenvalue weighted by Gasteiger charge is -2.42. The fraction of sp³-hybridized carbons (Fsp3) is 0.429. The van der Waals surface area contributed by atoms with Crippen LogP contribution in [0.5, 0.6) is 5.75 Å². The van der Waals surface area contributed by atoms with Crippen LogP contribution in [0, 0.1) is 5.41 Å². The maximum atomic E-state index is 12.7. The zero-order valence-electron chi connectivity index (χ0n) is 10.9. The van der Waals surface area contributed by atoms with E-state index >= 15 is 0 Å². The van der Waals surface area contributed by atoms with Crippen LogP contribution in [-0.4, -0.2) is 22.5 Å². The van der Waals surface area contributed by atoms with E-state index in [1.54, 1.807) is 29.2 Å². The summed E-state index contributed by atoms with van der Waals surface area (Å²) in [4.78, 5) is 14.6. The van der Waals surface area contributed by atoms with Crippen LogP contribution in [0.25, 0.3) is 0 Å². The Hall–Kier alpha value is -1.62. The van der Waals surface area contributed by atoms with Gasteiger partial charge < -0.3 is 15.7 Å². The summed E-state index contributed by atoms with van der Waals surface area (Å²) < 4.78 is 0. The fourth-order valence-electron chi connectivity index (χ4n) is 2.46. The van der Waals surface area contributed by atoms with Gasteiger partial charge in [-0.05, 0) is 31.9 Å². The van der Waals surface area contributed by atoms with Gasteiger partial charge in [0.1, 0.15) is 5.75 Å². The van der Waals surface area contributed by atoms with Gasteiger partial charge in [0.15, 0.2) is 0 Å². The second-order valence-corrected chi connectivity index (χ2v) is 5.31. The van der Waals surface area contributed by atoms with E-state index in [2.05, 4.69) is 0 Å². The maximum Gasteiger partial charge on any atom is 0.240 e. The molecule has 2 rings (SSSR count). The molecule has 102 valence electrons. The van der Waals surface area contributed by atoms with Crippen molar-refractivity contribution in [3.8, 4) is 5.75 Å². The van der Waals surface area contributed by atoms with Crippen molar-refractivity contribution in [3.05, 3.63) is 24.3 Å². The summed E-state index contributed by atoms with van der Waals surface area (Å²) in [5.41, 5.74) is 5.76. The summed E-state index contributed by atoms with van der Waals surface area (Å²) in [7, 11) is 0. The van der Waals surface area contributed by atoms with Gasteiger partial charge in [0.25, 0.3) is 0 Å². The summed E-state index contributed by atoms with van der Waals surface area (Å²) in [6.45, 7) is 2.42. The summed E-state index contributed by atoms with van der Waals surface area (Å²) in [6.07, 6.45) is 2.41. The van der Waals surface area contributed by atoms with Crippen LogP contribution < -0.4 is 10.6 Å². The number of thiocarbonyl (C=S) groups is 1. The van der Waals surface area contributed by atoms with Crippen LogP contribution in [0.3, 0.4) is 0 Å². The SMILES string of the molecule is CCN(C(=O)C1(C(N)=S)CCC1)c1cccc(O)c1. The highest BCUT2D eigenvalue weighted by Gasteiger charge is 2.48. The number of carbonyl (C=O) groups is 1. The molecule has 0 saturated heterocycles. The summed E-state index contributed by atoms with van der Waals surface area (Å²) in [5.74, 6) is 0.0843. The molecule has 0 spiro atoms. The number of phenolic OH excluding ortho intramolecular Hbond substituents is 1. The van der Waals surface area contributed by atoms with Crippen LogP contribution in [0.2, 0.25) is 0 Å². The topological polar surface area (TPSA) is 66.6 Å². The van der Waals surface area contributed by atoms with Gasteiger partial charge in [-0.15, -0.1) is 0 Å². The Kier molecular flexibility index (Phi) is 3.75. The van der Waals surface area contributed by atoms with Crippen LogP contribution in [0.15, 0.2) is 24.3 Å². The van der Waals surface area contributed by atoms with E-state index in [1.807, 2.05) is 6.92 Å². The standard InChI is InChI=1S/C14H18N2O2S/c1-2-16(10-5-3-6-11(17)9-10)13(18)14(12(15)19)7-4-8-14/h3,5-6,9,17H,2,4,7-8H2,1H3,(H2,15,19). The number of carbonyl (C=O) groups excluding carboxylic acids is 1. The molecule has 5 heteroatoms. The van der Waals surface area contributed by atoms with Gasteiger partial charge in [0, 0.05) is 18.3 Å². The Morgan fingerprint density at radius 3 is 2.63 bits per heavy atom. The molecule has 0 radical (unpaired) electrons. The van der Waals surface area contributed by atoms with E-state index in [1.165, 1.54) is 0 Å². The first-order valence-electron chi connectivity index (χ1n) is 6.42. The normalized spacial score (nSPS) is 16.5. The van der Waals surface area contributed by atoms with Crippen LogP contribution in [-0.2, 0) is 4.79 Å². The number of nitrogens with zero attached hydrogens (tertiary/aromatic N) is 1. The maximum absolute atomic E-state index is 12.7. The first-order valence-corrected chi connectivity index (χ1v) is 6.83. The van der Waals surface area contributed by atoms with Crippen molar-refractivity contribution >= 4 is 28.8 Å². The second kappa shape index (κ2) is 5.17. The van der Waals surface area contributed by atoms with E-state index in [-0.39, 0.29) is 16.6 Å². The predicted octanol–water partition coefficient (Wildman–Crippen LogP) is 2.20. The lowest BCUT2D eigenvalue weighted by Crippen LogP contribution is -2.54. The Labute approximate surface area is 118 Å². The van der Waals surface area contributed by atoms with Crippen molar-refractivity contribution in [2.75, 3.05) is 11.4 Å². The van der Waals surface area contributed by atoms with Crippen molar-refractivity contribution in [2.24, 2.45) is 11.1 Å². The molecular formula is C14H18N2O2S. The molecule has 1 aromatic carbocycles. The number of aromatic hydroxyl groups is 1.